The van der Waals surface area contributed by atoms with Crippen LogP contribution in [0.2, 0.25) is 0 Å². The third-order valence-corrected chi connectivity index (χ3v) is 2.95. The SMILES string of the molecule is CC(C)C(C)CNC(=O)c1ccc(O)cc1O. The molecule has 3 N–H and O–H groups in total. The maximum atomic E-state index is 11.8. The lowest BCUT2D eigenvalue weighted by molar-refractivity contribution is 0.0942. The van der Waals surface area contributed by atoms with Crippen LogP contribution in [0.5, 0.6) is 11.5 Å². The molecule has 4 heteroatoms. The number of rotatable bonds is 4. The Balaban J connectivity index is 2.64. The number of carbonyl (C=O) groups excluding carboxylic acids is 1. The van der Waals surface area contributed by atoms with E-state index in [0.717, 1.165) is 6.07 Å². The average molecular weight is 237 g/mol. The maximum Gasteiger partial charge on any atom is 0.255 e. The van der Waals surface area contributed by atoms with Crippen LogP contribution in [0.15, 0.2) is 18.2 Å². The molecule has 0 radical (unpaired) electrons. The first kappa shape index (κ1) is 13.4. The Bertz CT molecular complexity index is 402. The van der Waals surface area contributed by atoms with E-state index in [0.29, 0.717) is 18.4 Å². The lowest BCUT2D eigenvalue weighted by Crippen LogP contribution is -2.30. The van der Waals surface area contributed by atoms with Crippen LogP contribution in [0.25, 0.3) is 0 Å². The van der Waals surface area contributed by atoms with E-state index < -0.39 is 0 Å². The minimum atomic E-state index is -0.324. The molecular weight excluding hydrogens is 218 g/mol. The van der Waals surface area contributed by atoms with Gasteiger partial charge in [0.05, 0.1) is 5.56 Å². The van der Waals surface area contributed by atoms with Gasteiger partial charge < -0.3 is 15.5 Å². The van der Waals surface area contributed by atoms with E-state index in [-0.39, 0.29) is 23.0 Å². The number of phenols is 2. The molecule has 17 heavy (non-hydrogen) atoms. The lowest BCUT2D eigenvalue weighted by Gasteiger charge is -2.16. The normalized spacial score (nSPS) is 12.5. The molecule has 0 fully saturated rings. The van der Waals surface area contributed by atoms with Crippen LogP contribution in [0, 0.1) is 11.8 Å². The minimum absolute atomic E-state index is 0.0606. The molecule has 0 spiro atoms. The van der Waals surface area contributed by atoms with Gasteiger partial charge in [-0.15, -0.1) is 0 Å². The van der Waals surface area contributed by atoms with Gasteiger partial charge in [-0.05, 0) is 24.0 Å². The summed E-state index contributed by atoms with van der Waals surface area (Å²) in [5, 5.41) is 21.4. The van der Waals surface area contributed by atoms with Crippen LogP contribution in [-0.2, 0) is 0 Å². The molecule has 0 aliphatic heterocycles. The maximum absolute atomic E-state index is 11.8. The van der Waals surface area contributed by atoms with Crippen LogP contribution in [0.1, 0.15) is 31.1 Å². The molecule has 0 aliphatic rings. The number of carbonyl (C=O) groups is 1. The quantitative estimate of drug-likeness (QED) is 0.751. The predicted molar refractivity (Wildman–Crippen MR) is 66.1 cm³/mol. The van der Waals surface area contributed by atoms with Gasteiger partial charge in [-0.1, -0.05) is 20.8 Å². The van der Waals surface area contributed by atoms with Gasteiger partial charge in [0.2, 0.25) is 0 Å². The van der Waals surface area contributed by atoms with Crippen molar-refractivity contribution in [2.24, 2.45) is 11.8 Å². The molecule has 1 amide bonds. The summed E-state index contributed by atoms with van der Waals surface area (Å²) in [4.78, 5) is 11.8. The molecule has 0 saturated carbocycles. The molecule has 1 unspecified atom stereocenters. The van der Waals surface area contributed by atoms with E-state index in [9.17, 15) is 9.90 Å². The van der Waals surface area contributed by atoms with Crippen molar-refractivity contribution in [3.05, 3.63) is 23.8 Å². The Morgan fingerprint density at radius 3 is 2.47 bits per heavy atom. The fourth-order valence-corrected chi connectivity index (χ4v) is 1.30. The zero-order chi connectivity index (χ0) is 13.0. The number of hydrogen-bond donors (Lipinski definition) is 3. The van der Waals surface area contributed by atoms with E-state index in [1.54, 1.807) is 0 Å². The zero-order valence-corrected chi connectivity index (χ0v) is 10.4. The van der Waals surface area contributed by atoms with E-state index in [1.807, 2.05) is 0 Å². The van der Waals surface area contributed by atoms with Gasteiger partial charge >= 0.3 is 0 Å². The van der Waals surface area contributed by atoms with Crippen LogP contribution in [0.3, 0.4) is 0 Å². The average Bonchev–Trinajstić information content (AvgIpc) is 2.25. The van der Waals surface area contributed by atoms with Gasteiger partial charge in [0.25, 0.3) is 5.91 Å². The molecular formula is C13H19NO3. The van der Waals surface area contributed by atoms with Crippen molar-refractivity contribution in [1.82, 2.24) is 5.32 Å². The van der Waals surface area contributed by atoms with Crippen LogP contribution < -0.4 is 5.32 Å². The first-order valence-electron chi connectivity index (χ1n) is 5.72. The number of hydrogen-bond acceptors (Lipinski definition) is 3. The molecule has 94 valence electrons. The largest absolute Gasteiger partial charge is 0.508 e. The molecule has 0 heterocycles. The minimum Gasteiger partial charge on any atom is -0.508 e. The standard InChI is InChI=1S/C13H19NO3/c1-8(2)9(3)7-14-13(17)11-5-4-10(15)6-12(11)16/h4-6,8-9,15-16H,7H2,1-3H3,(H,14,17). The van der Waals surface area contributed by atoms with Crippen LogP contribution >= 0.6 is 0 Å². The molecule has 0 aromatic heterocycles. The molecule has 0 aliphatic carbocycles. The molecule has 0 saturated heterocycles. The summed E-state index contributed by atoms with van der Waals surface area (Å²) in [6, 6.07) is 3.93. The molecule has 0 bridgehead atoms. The summed E-state index contributed by atoms with van der Waals surface area (Å²) < 4.78 is 0. The highest BCUT2D eigenvalue weighted by Crippen LogP contribution is 2.22. The number of aromatic hydroxyl groups is 2. The second kappa shape index (κ2) is 5.57. The summed E-state index contributed by atoms with van der Waals surface area (Å²) in [6.07, 6.45) is 0. The first-order chi connectivity index (χ1) is 7.91. The van der Waals surface area contributed by atoms with E-state index in [2.05, 4.69) is 26.1 Å². The van der Waals surface area contributed by atoms with Crippen molar-refractivity contribution in [2.45, 2.75) is 20.8 Å². The first-order valence-corrected chi connectivity index (χ1v) is 5.72. The fourth-order valence-electron chi connectivity index (χ4n) is 1.30. The van der Waals surface area contributed by atoms with Crippen molar-refractivity contribution in [1.29, 1.82) is 0 Å². The Morgan fingerprint density at radius 1 is 1.29 bits per heavy atom. The van der Waals surface area contributed by atoms with E-state index in [4.69, 9.17) is 5.11 Å². The number of amides is 1. The predicted octanol–water partition coefficient (Wildman–Crippen LogP) is 2.12. The summed E-state index contributed by atoms with van der Waals surface area (Å²) in [7, 11) is 0. The summed E-state index contributed by atoms with van der Waals surface area (Å²) in [5.74, 6) is 0.270. The van der Waals surface area contributed by atoms with Gasteiger partial charge in [-0.2, -0.15) is 0 Å². The third-order valence-electron chi connectivity index (χ3n) is 2.95. The van der Waals surface area contributed by atoms with Crippen LogP contribution in [-0.4, -0.2) is 22.7 Å². The highest BCUT2D eigenvalue weighted by Gasteiger charge is 2.13. The van der Waals surface area contributed by atoms with Gasteiger partial charge in [0.15, 0.2) is 0 Å². The Labute approximate surface area is 101 Å². The van der Waals surface area contributed by atoms with Crippen molar-refractivity contribution in [2.75, 3.05) is 6.54 Å². The number of nitrogens with one attached hydrogen (secondary N) is 1. The summed E-state index contributed by atoms with van der Waals surface area (Å²) in [5.41, 5.74) is 0.179. The smallest absolute Gasteiger partial charge is 0.255 e. The molecule has 1 rings (SSSR count). The van der Waals surface area contributed by atoms with Gasteiger partial charge in [-0.25, -0.2) is 0 Å². The number of benzene rings is 1. The molecule has 1 aromatic rings. The highest BCUT2D eigenvalue weighted by atomic mass is 16.3. The topological polar surface area (TPSA) is 69.6 Å². The van der Waals surface area contributed by atoms with Gasteiger partial charge in [-0.3, -0.25) is 4.79 Å². The second-order valence-corrected chi connectivity index (χ2v) is 4.63. The highest BCUT2D eigenvalue weighted by molar-refractivity contribution is 5.96. The van der Waals surface area contributed by atoms with Gasteiger partial charge in [0, 0.05) is 12.6 Å². The summed E-state index contributed by atoms with van der Waals surface area (Å²) >= 11 is 0. The third kappa shape index (κ3) is 3.66. The molecule has 1 aromatic carbocycles. The van der Waals surface area contributed by atoms with Crippen molar-refractivity contribution in [3.8, 4) is 11.5 Å². The monoisotopic (exact) mass is 237 g/mol. The fraction of sp³-hybridized carbons (Fsp3) is 0.462. The lowest BCUT2D eigenvalue weighted by atomic mass is 9.98. The Morgan fingerprint density at radius 2 is 1.94 bits per heavy atom. The number of phenolic OH excluding ortho intramolecular Hbond substituents is 2. The van der Waals surface area contributed by atoms with Crippen molar-refractivity contribution < 1.29 is 15.0 Å². The Kier molecular flexibility index (Phi) is 4.37. The van der Waals surface area contributed by atoms with E-state index in [1.165, 1.54) is 12.1 Å². The van der Waals surface area contributed by atoms with Crippen LogP contribution in [0.4, 0.5) is 0 Å². The second-order valence-electron chi connectivity index (χ2n) is 4.63. The zero-order valence-electron chi connectivity index (χ0n) is 10.4. The summed E-state index contributed by atoms with van der Waals surface area (Å²) in [6.45, 7) is 6.81. The molecule has 4 nitrogen and oxygen atoms in total. The van der Waals surface area contributed by atoms with Gasteiger partial charge in [0.1, 0.15) is 11.5 Å². The van der Waals surface area contributed by atoms with E-state index >= 15 is 0 Å². The van der Waals surface area contributed by atoms with Crippen molar-refractivity contribution in [3.63, 3.8) is 0 Å². The Hall–Kier alpha value is -1.71. The molecule has 1 atom stereocenters. The van der Waals surface area contributed by atoms with Crippen molar-refractivity contribution >= 4 is 5.91 Å².